The molecule has 3 nitrogen and oxygen atoms in total. The Hall–Kier alpha value is -1.35. The SMILES string of the molecule is COc1ccc(C)cc1C(=O)C1(N)CC1. The number of hydrogen-bond acceptors (Lipinski definition) is 3. The minimum absolute atomic E-state index is 0.00282. The summed E-state index contributed by atoms with van der Waals surface area (Å²) in [6, 6.07) is 5.58. The van der Waals surface area contributed by atoms with E-state index in [0.29, 0.717) is 11.3 Å². The third-order valence-electron chi connectivity index (χ3n) is 2.84. The second-order valence-corrected chi connectivity index (χ2v) is 4.19. The van der Waals surface area contributed by atoms with E-state index in [-0.39, 0.29) is 5.78 Å². The standard InChI is InChI=1S/C12H15NO2/c1-8-3-4-10(15-2)9(7-8)11(14)12(13)5-6-12/h3-4,7H,5-6,13H2,1-2H3. The summed E-state index contributed by atoms with van der Waals surface area (Å²) >= 11 is 0. The first-order valence-corrected chi connectivity index (χ1v) is 5.05. The van der Waals surface area contributed by atoms with E-state index >= 15 is 0 Å². The summed E-state index contributed by atoms with van der Waals surface area (Å²) in [6.07, 6.45) is 1.56. The van der Waals surface area contributed by atoms with Crippen LogP contribution in [0.3, 0.4) is 0 Å². The summed E-state index contributed by atoms with van der Waals surface area (Å²) in [7, 11) is 1.57. The zero-order chi connectivity index (χ0) is 11.1. The van der Waals surface area contributed by atoms with Gasteiger partial charge < -0.3 is 10.5 Å². The Bertz CT molecular complexity index is 408. The quantitative estimate of drug-likeness (QED) is 0.764. The maximum absolute atomic E-state index is 12.1. The van der Waals surface area contributed by atoms with E-state index in [1.807, 2.05) is 25.1 Å². The van der Waals surface area contributed by atoms with Gasteiger partial charge in [-0.15, -0.1) is 0 Å². The van der Waals surface area contributed by atoms with Crippen LogP contribution in [0.4, 0.5) is 0 Å². The van der Waals surface area contributed by atoms with Gasteiger partial charge in [0, 0.05) is 0 Å². The summed E-state index contributed by atoms with van der Waals surface area (Å²) < 4.78 is 5.17. The van der Waals surface area contributed by atoms with Gasteiger partial charge in [-0.2, -0.15) is 0 Å². The van der Waals surface area contributed by atoms with E-state index < -0.39 is 5.54 Å². The number of carbonyl (C=O) groups excluding carboxylic acids is 1. The number of benzene rings is 1. The molecule has 1 saturated carbocycles. The monoisotopic (exact) mass is 205 g/mol. The van der Waals surface area contributed by atoms with E-state index in [9.17, 15) is 4.79 Å². The van der Waals surface area contributed by atoms with Crippen LogP contribution < -0.4 is 10.5 Å². The number of nitrogens with two attached hydrogens (primary N) is 1. The van der Waals surface area contributed by atoms with Crippen molar-refractivity contribution in [3.05, 3.63) is 29.3 Å². The van der Waals surface area contributed by atoms with Gasteiger partial charge in [-0.05, 0) is 31.9 Å². The van der Waals surface area contributed by atoms with E-state index in [1.165, 1.54) is 0 Å². The van der Waals surface area contributed by atoms with Crippen molar-refractivity contribution in [2.24, 2.45) is 5.73 Å². The Labute approximate surface area is 89.2 Å². The Balaban J connectivity index is 2.41. The summed E-state index contributed by atoms with van der Waals surface area (Å²) in [5.74, 6) is 0.616. The fourth-order valence-electron chi connectivity index (χ4n) is 1.63. The molecule has 3 heteroatoms. The highest BCUT2D eigenvalue weighted by Gasteiger charge is 2.46. The van der Waals surface area contributed by atoms with Crippen molar-refractivity contribution in [2.75, 3.05) is 7.11 Å². The highest BCUT2D eigenvalue weighted by molar-refractivity contribution is 6.07. The number of aryl methyl sites for hydroxylation is 1. The van der Waals surface area contributed by atoms with Crippen LogP contribution in [0.2, 0.25) is 0 Å². The zero-order valence-corrected chi connectivity index (χ0v) is 9.04. The molecule has 2 N–H and O–H groups in total. The van der Waals surface area contributed by atoms with Gasteiger partial charge in [-0.1, -0.05) is 11.6 Å². The molecule has 0 spiro atoms. The smallest absolute Gasteiger partial charge is 0.186 e. The molecule has 0 saturated heterocycles. The first-order chi connectivity index (χ1) is 7.07. The molecule has 0 unspecified atom stereocenters. The molecule has 0 aromatic heterocycles. The summed E-state index contributed by atoms with van der Waals surface area (Å²) in [4.78, 5) is 12.1. The molecule has 0 bridgehead atoms. The Morgan fingerprint density at radius 1 is 1.47 bits per heavy atom. The van der Waals surface area contributed by atoms with Crippen molar-refractivity contribution < 1.29 is 9.53 Å². The van der Waals surface area contributed by atoms with Gasteiger partial charge in [0.2, 0.25) is 0 Å². The molecule has 0 heterocycles. The molecule has 1 aliphatic rings. The van der Waals surface area contributed by atoms with E-state index in [1.54, 1.807) is 7.11 Å². The maximum Gasteiger partial charge on any atom is 0.186 e. The second kappa shape index (κ2) is 3.35. The lowest BCUT2D eigenvalue weighted by molar-refractivity contribution is 0.0946. The van der Waals surface area contributed by atoms with Crippen molar-refractivity contribution in [2.45, 2.75) is 25.3 Å². The molecule has 0 aliphatic heterocycles. The van der Waals surface area contributed by atoms with Crippen LogP contribution in [-0.4, -0.2) is 18.4 Å². The number of methoxy groups -OCH3 is 1. The van der Waals surface area contributed by atoms with Gasteiger partial charge in [0.15, 0.2) is 5.78 Å². The van der Waals surface area contributed by atoms with Gasteiger partial charge in [0.1, 0.15) is 5.75 Å². The van der Waals surface area contributed by atoms with Gasteiger partial charge in [0.25, 0.3) is 0 Å². The van der Waals surface area contributed by atoms with Gasteiger partial charge >= 0.3 is 0 Å². The van der Waals surface area contributed by atoms with Crippen LogP contribution in [0.1, 0.15) is 28.8 Å². The minimum atomic E-state index is -0.624. The first-order valence-electron chi connectivity index (χ1n) is 5.05. The van der Waals surface area contributed by atoms with Gasteiger partial charge in [0.05, 0.1) is 18.2 Å². The normalized spacial score (nSPS) is 17.3. The summed E-state index contributed by atoms with van der Waals surface area (Å²) in [5.41, 5.74) is 6.92. The van der Waals surface area contributed by atoms with Crippen molar-refractivity contribution in [3.8, 4) is 5.75 Å². The third kappa shape index (κ3) is 1.75. The van der Waals surface area contributed by atoms with Crippen LogP contribution in [0.15, 0.2) is 18.2 Å². The molecule has 0 radical (unpaired) electrons. The maximum atomic E-state index is 12.1. The first kappa shape index (κ1) is 10.2. The van der Waals surface area contributed by atoms with E-state index in [2.05, 4.69) is 0 Å². The average Bonchev–Trinajstić information content (AvgIpc) is 2.96. The van der Waals surface area contributed by atoms with Crippen molar-refractivity contribution in [1.82, 2.24) is 0 Å². The Morgan fingerprint density at radius 2 is 2.13 bits per heavy atom. The van der Waals surface area contributed by atoms with E-state index in [0.717, 1.165) is 18.4 Å². The van der Waals surface area contributed by atoms with Crippen molar-refractivity contribution >= 4 is 5.78 Å². The molecule has 1 aromatic carbocycles. The van der Waals surface area contributed by atoms with Crippen LogP contribution >= 0.6 is 0 Å². The van der Waals surface area contributed by atoms with Gasteiger partial charge in [-0.3, -0.25) is 4.79 Å². The number of rotatable bonds is 3. The lowest BCUT2D eigenvalue weighted by Crippen LogP contribution is -2.33. The fraction of sp³-hybridized carbons (Fsp3) is 0.417. The predicted octanol–water partition coefficient (Wildman–Crippen LogP) is 1.68. The Morgan fingerprint density at radius 3 is 2.67 bits per heavy atom. The molecule has 1 fully saturated rings. The predicted molar refractivity (Wildman–Crippen MR) is 58.2 cm³/mol. The highest BCUT2D eigenvalue weighted by atomic mass is 16.5. The molecule has 0 atom stereocenters. The number of Topliss-reactive ketones (excluding diaryl/α,β-unsaturated/α-hetero) is 1. The molecule has 80 valence electrons. The number of carbonyl (C=O) groups is 1. The fourth-order valence-corrected chi connectivity index (χ4v) is 1.63. The summed E-state index contributed by atoms with van der Waals surface area (Å²) in [5, 5.41) is 0. The molecular weight excluding hydrogens is 190 g/mol. The second-order valence-electron chi connectivity index (χ2n) is 4.19. The van der Waals surface area contributed by atoms with Crippen LogP contribution in [-0.2, 0) is 0 Å². The van der Waals surface area contributed by atoms with Crippen molar-refractivity contribution in [1.29, 1.82) is 0 Å². The van der Waals surface area contributed by atoms with Gasteiger partial charge in [-0.25, -0.2) is 0 Å². The number of ether oxygens (including phenoxy) is 1. The molecule has 15 heavy (non-hydrogen) atoms. The zero-order valence-electron chi connectivity index (χ0n) is 9.04. The van der Waals surface area contributed by atoms with Crippen LogP contribution in [0, 0.1) is 6.92 Å². The molecule has 1 aliphatic carbocycles. The number of hydrogen-bond donors (Lipinski definition) is 1. The number of ketones is 1. The third-order valence-corrected chi connectivity index (χ3v) is 2.84. The van der Waals surface area contributed by atoms with E-state index in [4.69, 9.17) is 10.5 Å². The minimum Gasteiger partial charge on any atom is -0.496 e. The van der Waals surface area contributed by atoms with Crippen LogP contribution in [0.25, 0.3) is 0 Å². The average molecular weight is 205 g/mol. The van der Waals surface area contributed by atoms with Crippen molar-refractivity contribution in [3.63, 3.8) is 0 Å². The topological polar surface area (TPSA) is 52.3 Å². The van der Waals surface area contributed by atoms with Crippen LogP contribution in [0.5, 0.6) is 5.75 Å². The molecule has 2 rings (SSSR count). The Kier molecular flexibility index (Phi) is 2.27. The molecular formula is C12H15NO2. The lowest BCUT2D eigenvalue weighted by atomic mass is 10.0. The molecule has 0 amide bonds. The lowest BCUT2D eigenvalue weighted by Gasteiger charge is -2.12. The summed E-state index contributed by atoms with van der Waals surface area (Å²) in [6.45, 7) is 1.95. The molecule has 1 aromatic rings. The highest BCUT2D eigenvalue weighted by Crippen LogP contribution is 2.37. The largest absolute Gasteiger partial charge is 0.496 e.